The van der Waals surface area contributed by atoms with E-state index < -0.39 is 0 Å². The Labute approximate surface area is 169 Å². The van der Waals surface area contributed by atoms with Gasteiger partial charge in [-0.3, -0.25) is 0 Å². The SMILES string of the molecule is COc1c2c(cc3c1[C@H](c1nnnn1-c1cccc(C)c1)[N+](C)(C)CC3)OCO2. The summed E-state index contributed by atoms with van der Waals surface area (Å²) < 4.78 is 19.8. The Hall–Kier alpha value is -3.13. The maximum absolute atomic E-state index is 5.85. The quantitative estimate of drug-likeness (QED) is 0.636. The highest BCUT2D eigenvalue weighted by atomic mass is 16.7. The lowest BCUT2D eigenvalue weighted by atomic mass is 9.88. The first kappa shape index (κ1) is 17.9. The van der Waals surface area contributed by atoms with Gasteiger partial charge in [0.1, 0.15) is 0 Å². The van der Waals surface area contributed by atoms with Crippen LogP contribution in [-0.4, -0.2) is 59.2 Å². The molecule has 0 spiro atoms. The predicted molar refractivity (Wildman–Crippen MR) is 106 cm³/mol. The normalized spacial score (nSPS) is 19.1. The molecule has 5 rings (SSSR count). The van der Waals surface area contributed by atoms with Gasteiger partial charge in [0.25, 0.3) is 0 Å². The highest BCUT2D eigenvalue weighted by Crippen LogP contribution is 2.51. The molecule has 1 atom stereocenters. The molecule has 0 aliphatic carbocycles. The van der Waals surface area contributed by atoms with Gasteiger partial charge in [-0.25, -0.2) is 0 Å². The highest BCUT2D eigenvalue weighted by molar-refractivity contribution is 5.62. The number of nitrogens with zero attached hydrogens (tertiary/aromatic N) is 5. The van der Waals surface area contributed by atoms with Gasteiger partial charge in [-0.1, -0.05) is 12.1 Å². The molecule has 0 N–H and O–H groups in total. The molecule has 3 heterocycles. The fraction of sp³-hybridized carbons (Fsp3) is 0.381. The smallest absolute Gasteiger partial charge is 0.231 e. The molecule has 2 aliphatic heterocycles. The Balaban J connectivity index is 1.74. The molecule has 0 amide bonds. The standard InChI is InChI=1S/C21H24N5O3/c1-13-6-5-7-15(10-13)25-21(22-23-24-25)18-17-14(8-9-26(18,2)3)11-16-19(20(17)27-4)29-12-28-16/h5-7,10-11,18H,8-9,12H2,1-4H3/q+1/t18-/m1/s1. The Bertz CT molecular complexity index is 1090. The van der Waals surface area contributed by atoms with E-state index in [0.717, 1.165) is 41.4 Å². The fourth-order valence-electron chi connectivity index (χ4n) is 4.42. The maximum Gasteiger partial charge on any atom is 0.231 e. The van der Waals surface area contributed by atoms with Crippen LogP contribution in [-0.2, 0) is 6.42 Å². The van der Waals surface area contributed by atoms with Crippen molar-refractivity contribution in [2.24, 2.45) is 0 Å². The lowest BCUT2D eigenvalue weighted by molar-refractivity contribution is -0.917. The van der Waals surface area contributed by atoms with Crippen molar-refractivity contribution in [1.29, 1.82) is 0 Å². The minimum absolute atomic E-state index is 0.112. The minimum Gasteiger partial charge on any atom is -0.492 e. The monoisotopic (exact) mass is 394 g/mol. The minimum atomic E-state index is -0.112. The number of hydrogen-bond acceptors (Lipinski definition) is 6. The first-order valence-corrected chi connectivity index (χ1v) is 9.67. The van der Waals surface area contributed by atoms with Crippen molar-refractivity contribution in [3.8, 4) is 22.9 Å². The molecule has 0 saturated heterocycles. The summed E-state index contributed by atoms with van der Waals surface area (Å²) >= 11 is 0. The van der Waals surface area contributed by atoms with Gasteiger partial charge in [-0.05, 0) is 46.7 Å². The van der Waals surface area contributed by atoms with Crippen molar-refractivity contribution in [2.75, 3.05) is 34.5 Å². The largest absolute Gasteiger partial charge is 0.492 e. The van der Waals surface area contributed by atoms with Crippen LogP contribution in [0.25, 0.3) is 5.69 Å². The van der Waals surface area contributed by atoms with Crippen LogP contribution in [0.4, 0.5) is 0 Å². The molecule has 8 heteroatoms. The van der Waals surface area contributed by atoms with Crippen molar-refractivity contribution >= 4 is 0 Å². The van der Waals surface area contributed by atoms with E-state index in [0.29, 0.717) is 16.0 Å². The van der Waals surface area contributed by atoms with Crippen molar-refractivity contribution in [3.63, 3.8) is 0 Å². The van der Waals surface area contributed by atoms with Crippen LogP contribution in [0.2, 0.25) is 0 Å². The number of methoxy groups -OCH3 is 1. The summed E-state index contributed by atoms with van der Waals surface area (Å²) in [7, 11) is 6.08. The van der Waals surface area contributed by atoms with Gasteiger partial charge in [-0.2, -0.15) is 4.68 Å². The van der Waals surface area contributed by atoms with Crippen LogP contribution in [0.1, 0.15) is 28.6 Å². The number of aryl methyl sites for hydroxylation is 1. The molecule has 1 aromatic heterocycles. The van der Waals surface area contributed by atoms with Gasteiger partial charge in [-0.15, -0.1) is 5.10 Å². The summed E-state index contributed by atoms with van der Waals surface area (Å²) in [5.74, 6) is 2.89. The number of likely N-dealkylation sites (N-methyl/N-ethyl adjacent to an activating group) is 1. The van der Waals surface area contributed by atoms with Crippen molar-refractivity contribution in [2.45, 2.75) is 19.4 Å². The fourth-order valence-corrected chi connectivity index (χ4v) is 4.42. The number of fused-ring (bicyclic) bond motifs is 2. The van der Waals surface area contributed by atoms with Crippen molar-refractivity contribution in [3.05, 3.63) is 52.8 Å². The molecule has 2 aliphatic rings. The van der Waals surface area contributed by atoms with Crippen LogP contribution in [0.3, 0.4) is 0 Å². The Morgan fingerprint density at radius 2 is 2.07 bits per heavy atom. The molecule has 0 fully saturated rings. The van der Waals surface area contributed by atoms with E-state index in [9.17, 15) is 0 Å². The van der Waals surface area contributed by atoms with Crippen LogP contribution in [0.15, 0.2) is 30.3 Å². The van der Waals surface area contributed by atoms with Crippen molar-refractivity contribution < 1.29 is 18.7 Å². The maximum atomic E-state index is 5.85. The number of rotatable bonds is 3. The van der Waals surface area contributed by atoms with E-state index in [-0.39, 0.29) is 12.8 Å². The summed E-state index contributed by atoms with van der Waals surface area (Å²) in [5, 5.41) is 12.8. The molecular weight excluding hydrogens is 370 g/mol. The molecule has 3 aromatic rings. The van der Waals surface area contributed by atoms with Gasteiger partial charge < -0.3 is 18.7 Å². The van der Waals surface area contributed by atoms with Gasteiger partial charge in [0.05, 0.1) is 39.0 Å². The molecule has 2 aromatic carbocycles. The molecule has 150 valence electrons. The third-order valence-electron chi connectivity index (χ3n) is 5.86. The molecule has 0 radical (unpaired) electrons. The zero-order chi connectivity index (χ0) is 20.2. The van der Waals surface area contributed by atoms with E-state index >= 15 is 0 Å². The summed E-state index contributed by atoms with van der Waals surface area (Å²) in [6, 6.07) is 10.1. The summed E-state index contributed by atoms with van der Waals surface area (Å²) in [4.78, 5) is 0. The Kier molecular flexibility index (Phi) is 3.99. The number of hydrogen-bond donors (Lipinski definition) is 0. The summed E-state index contributed by atoms with van der Waals surface area (Å²) in [5.41, 5.74) is 4.35. The Morgan fingerprint density at radius 1 is 1.21 bits per heavy atom. The van der Waals surface area contributed by atoms with Crippen LogP contribution >= 0.6 is 0 Å². The molecule has 8 nitrogen and oxygen atoms in total. The summed E-state index contributed by atoms with van der Waals surface area (Å²) in [6.45, 7) is 3.22. The average Bonchev–Trinajstić information content (AvgIpc) is 3.35. The molecule has 29 heavy (non-hydrogen) atoms. The topological polar surface area (TPSA) is 71.3 Å². The third kappa shape index (κ3) is 2.74. The lowest BCUT2D eigenvalue weighted by Crippen LogP contribution is -2.49. The summed E-state index contributed by atoms with van der Waals surface area (Å²) in [6.07, 6.45) is 0.915. The van der Waals surface area contributed by atoms with Crippen molar-refractivity contribution in [1.82, 2.24) is 20.2 Å². The third-order valence-corrected chi connectivity index (χ3v) is 5.86. The number of ether oxygens (including phenoxy) is 3. The first-order chi connectivity index (χ1) is 14.0. The zero-order valence-electron chi connectivity index (χ0n) is 17.0. The molecule has 0 bridgehead atoms. The molecule has 0 saturated carbocycles. The molecular formula is C21H24N5O3+. The predicted octanol–water partition coefficient (Wildman–Crippen LogP) is 2.43. The highest BCUT2D eigenvalue weighted by Gasteiger charge is 2.45. The molecule has 0 unspecified atom stereocenters. The van der Waals surface area contributed by atoms with Gasteiger partial charge in [0.2, 0.25) is 18.4 Å². The van der Waals surface area contributed by atoms with Gasteiger partial charge in [0, 0.05) is 6.42 Å². The average molecular weight is 394 g/mol. The van der Waals surface area contributed by atoms with E-state index in [1.165, 1.54) is 5.56 Å². The zero-order valence-corrected chi connectivity index (χ0v) is 17.0. The van der Waals surface area contributed by atoms with E-state index in [1.807, 2.05) is 16.8 Å². The van der Waals surface area contributed by atoms with Gasteiger partial charge >= 0.3 is 0 Å². The van der Waals surface area contributed by atoms with Crippen LogP contribution in [0, 0.1) is 6.92 Å². The van der Waals surface area contributed by atoms with E-state index in [1.54, 1.807) is 7.11 Å². The van der Waals surface area contributed by atoms with Gasteiger partial charge in [0.15, 0.2) is 17.5 Å². The lowest BCUT2D eigenvalue weighted by Gasteiger charge is -2.42. The first-order valence-electron chi connectivity index (χ1n) is 9.67. The number of benzene rings is 2. The number of quaternary nitrogens is 1. The van der Waals surface area contributed by atoms with E-state index in [2.05, 4.69) is 54.7 Å². The second-order valence-electron chi connectivity index (χ2n) is 8.16. The van der Waals surface area contributed by atoms with Crippen LogP contribution in [0.5, 0.6) is 17.2 Å². The van der Waals surface area contributed by atoms with Crippen LogP contribution < -0.4 is 14.2 Å². The number of aromatic nitrogens is 4. The second kappa shape index (κ2) is 6.45. The Morgan fingerprint density at radius 3 is 2.86 bits per heavy atom. The number of tetrazole rings is 1. The second-order valence-corrected chi connectivity index (χ2v) is 8.16. The van der Waals surface area contributed by atoms with E-state index in [4.69, 9.17) is 14.2 Å².